The third-order valence-electron chi connectivity index (χ3n) is 2.66. The zero-order valence-corrected chi connectivity index (χ0v) is 10.5. The van der Waals surface area contributed by atoms with E-state index in [1.165, 1.54) is 6.33 Å². The molecule has 0 aliphatic heterocycles. The molecular weight excluding hydrogens is 228 g/mol. The average molecular weight is 244 g/mol. The Morgan fingerprint density at radius 2 is 2.17 bits per heavy atom. The molecule has 0 radical (unpaired) electrons. The van der Waals surface area contributed by atoms with Gasteiger partial charge in [-0.3, -0.25) is 0 Å². The van der Waals surface area contributed by atoms with E-state index in [-0.39, 0.29) is 0 Å². The van der Waals surface area contributed by atoms with Crippen LogP contribution >= 0.6 is 0 Å². The fraction of sp³-hybridized carbons (Fsp3) is 0.231. The summed E-state index contributed by atoms with van der Waals surface area (Å²) in [6.45, 7) is 2.02. The molecule has 1 aromatic heterocycles. The van der Waals surface area contributed by atoms with Gasteiger partial charge < -0.3 is 15.8 Å². The monoisotopic (exact) mass is 244 g/mol. The van der Waals surface area contributed by atoms with Gasteiger partial charge in [0.15, 0.2) is 0 Å². The second-order valence-corrected chi connectivity index (χ2v) is 3.80. The number of rotatable bonds is 4. The molecule has 3 N–H and O–H groups in total. The van der Waals surface area contributed by atoms with E-state index < -0.39 is 0 Å². The van der Waals surface area contributed by atoms with Crippen molar-refractivity contribution in [1.29, 1.82) is 0 Å². The minimum Gasteiger partial charge on any atom is -0.497 e. The number of hydrogen-bond donors (Lipinski definition) is 2. The van der Waals surface area contributed by atoms with E-state index in [0.717, 1.165) is 29.2 Å². The van der Waals surface area contributed by atoms with Crippen LogP contribution in [0, 0.1) is 0 Å². The fourth-order valence-corrected chi connectivity index (χ4v) is 1.72. The molecule has 0 saturated heterocycles. The van der Waals surface area contributed by atoms with Crippen molar-refractivity contribution in [1.82, 2.24) is 9.97 Å². The number of hydrogen-bond acceptors (Lipinski definition) is 5. The Balaban J connectivity index is 2.30. The van der Waals surface area contributed by atoms with E-state index in [1.54, 1.807) is 7.11 Å². The van der Waals surface area contributed by atoms with Crippen molar-refractivity contribution in [2.45, 2.75) is 13.3 Å². The predicted octanol–water partition coefficient (Wildman–Crippen LogP) is 2.37. The smallest absolute Gasteiger partial charge is 0.139 e. The van der Waals surface area contributed by atoms with E-state index in [9.17, 15) is 0 Å². The summed E-state index contributed by atoms with van der Waals surface area (Å²) >= 11 is 0. The number of aromatic nitrogens is 2. The van der Waals surface area contributed by atoms with Crippen LogP contribution in [0.2, 0.25) is 0 Å². The Morgan fingerprint density at radius 1 is 1.33 bits per heavy atom. The molecule has 0 saturated carbocycles. The van der Waals surface area contributed by atoms with E-state index in [2.05, 4.69) is 15.3 Å². The maximum absolute atomic E-state index is 5.83. The number of nitrogens with zero attached hydrogens (tertiary/aromatic N) is 2. The summed E-state index contributed by atoms with van der Waals surface area (Å²) in [5, 5.41) is 3.23. The highest BCUT2D eigenvalue weighted by molar-refractivity contribution is 5.64. The lowest BCUT2D eigenvalue weighted by Gasteiger charge is -2.11. The molecular formula is C13H16N4O. The van der Waals surface area contributed by atoms with Crippen LogP contribution in [0.3, 0.4) is 0 Å². The molecule has 5 nitrogen and oxygen atoms in total. The topological polar surface area (TPSA) is 73.1 Å². The van der Waals surface area contributed by atoms with Crippen molar-refractivity contribution in [2.24, 2.45) is 0 Å². The van der Waals surface area contributed by atoms with E-state index >= 15 is 0 Å². The lowest BCUT2D eigenvalue weighted by molar-refractivity contribution is 0.415. The predicted molar refractivity (Wildman–Crippen MR) is 72.1 cm³/mol. The van der Waals surface area contributed by atoms with Crippen molar-refractivity contribution in [3.05, 3.63) is 36.2 Å². The molecule has 1 heterocycles. The van der Waals surface area contributed by atoms with Gasteiger partial charge in [0.2, 0.25) is 0 Å². The van der Waals surface area contributed by atoms with Gasteiger partial charge in [-0.05, 0) is 18.6 Å². The minimum atomic E-state index is 0.512. The molecule has 1 aromatic carbocycles. The highest BCUT2D eigenvalue weighted by Crippen LogP contribution is 2.24. The van der Waals surface area contributed by atoms with Gasteiger partial charge >= 0.3 is 0 Å². The van der Waals surface area contributed by atoms with Crippen molar-refractivity contribution in [2.75, 3.05) is 18.2 Å². The third-order valence-corrected chi connectivity index (χ3v) is 2.66. The number of ether oxygens (including phenoxy) is 1. The quantitative estimate of drug-likeness (QED) is 0.863. The second kappa shape index (κ2) is 5.35. The normalized spacial score (nSPS) is 10.1. The molecule has 0 atom stereocenters. The molecule has 0 aliphatic carbocycles. The summed E-state index contributed by atoms with van der Waals surface area (Å²) in [6, 6.07) is 7.65. The Hall–Kier alpha value is -2.30. The van der Waals surface area contributed by atoms with Gasteiger partial charge in [0.1, 0.15) is 23.7 Å². The molecule has 0 bridgehead atoms. The fourth-order valence-electron chi connectivity index (χ4n) is 1.72. The maximum atomic E-state index is 5.83. The van der Waals surface area contributed by atoms with Crippen molar-refractivity contribution >= 4 is 17.3 Å². The summed E-state index contributed by atoms with van der Waals surface area (Å²) in [7, 11) is 1.64. The summed E-state index contributed by atoms with van der Waals surface area (Å²) in [6.07, 6.45) is 2.23. The molecule has 0 spiro atoms. The van der Waals surface area contributed by atoms with Crippen molar-refractivity contribution in [3.63, 3.8) is 0 Å². The lowest BCUT2D eigenvalue weighted by atomic mass is 10.2. The molecule has 18 heavy (non-hydrogen) atoms. The Morgan fingerprint density at radius 3 is 2.89 bits per heavy atom. The zero-order chi connectivity index (χ0) is 13.0. The summed E-state index contributed by atoms with van der Waals surface area (Å²) < 4.78 is 5.18. The number of benzene rings is 1. The standard InChI is InChI=1S/C13H16N4O/c1-3-11-12(14)15-8-16-13(11)17-9-5-4-6-10(7-9)18-2/h4-8H,3H2,1-2H3,(H3,14,15,16,17). The first-order chi connectivity index (χ1) is 8.74. The van der Waals surface area contributed by atoms with Crippen LogP contribution in [0.15, 0.2) is 30.6 Å². The van der Waals surface area contributed by atoms with Crippen LogP contribution in [0.25, 0.3) is 0 Å². The summed E-state index contributed by atoms with van der Waals surface area (Å²) in [5.41, 5.74) is 7.65. The second-order valence-electron chi connectivity index (χ2n) is 3.80. The summed E-state index contributed by atoms with van der Waals surface area (Å²) in [4.78, 5) is 8.21. The lowest BCUT2D eigenvalue weighted by Crippen LogP contribution is -2.04. The SMILES string of the molecule is CCc1c(N)ncnc1Nc1cccc(OC)c1. The van der Waals surface area contributed by atoms with E-state index in [1.807, 2.05) is 31.2 Å². The van der Waals surface area contributed by atoms with Gasteiger partial charge in [0.25, 0.3) is 0 Å². The zero-order valence-electron chi connectivity index (χ0n) is 10.5. The van der Waals surface area contributed by atoms with Crippen LogP contribution in [-0.2, 0) is 6.42 Å². The Kier molecular flexibility index (Phi) is 3.62. The molecule has 2 rings (SSSR count). The molecule has 0 unspecified atom stereocenters. The molecule has 2 aromatic rings. The van der Waals surface area contributed by atoms with E-state index in [0.29, 0.717) is 5.82 Å². The van der Waals surface area contributed by atoms with E-state index in [4.69, 9.17) is 10.5 Å². The summed E-state index contributed by atoms with van der Waals surface area (Å²) in [5.74, 6) is 2.04. The van der Waals surface area contributed by atoms with Crippen LogP contribution in [0.1, 0.15) is 12.5 Å². The Labute approximate surface area is 106 Å². The highest BCUT2D eigenvalue weighted by atomic mass is 16.5. The van der Waals surface area contributed by atoms with Crippen molar-refractivity contribution < 1.29 is 4.74 Å². The van der Waals surface area contributed by atoms with Crippen LogP contribution < -0.4 is 15.8 Å². The molecule has 94 valence electrons. The minimum absolute atomic E-state index is 0.512. The number of nitrogen functional groups attached to an aromatic ring is 1. The van der Waals surface area contributed by atoms with Crippen LogP contribution in [-0.4, -0.2) is 17.1 Å². The molecule has 0 amide bonds. The average Bonchev–Trinajstić information content (AvgIpc) is 2.39. The molecule has 0 aliphatic rings. The third kappa shape index (κ3) is 2.51. The van der Waals surface area contributed by atoms with Crippen molar-refractivity contribution in [3.8, 4) is 5.75 Å². The number of nitrogens with one attached hydrogen (secondary N) is 1. The van der Waals surface area contributed by atoms with Crippen LogP contribution in [0.4, 0.5) is 17.3 Å². The first-order valence-electron chi connectivity index (χ1n) is 5.75. The van der Waals surface area contributed by atoms with Gasteiger partial charge in [-0.15, -0.1) is 0 Å². The number of anilines is 3. The van der Waals surface area contributed by atoms with Gasteiger partial charge in [0.05, 0.1) is 7.11 Å². The Bertz CT molecular complexity index is 542. The van der Waals surface area contributed by atoms with Gasteiger partial charge in [-0.1, -0.05) is 13.0 Å². The number of nitrogens with two attached hydrogens (primary N) is 1. The first kappa shape index (κ1) is 12.2. The number of methoxy groups -OCH3 is 1. The first-order valence-corrected chi connectivity index (χ1v) is 5.75. The molecule has 0 fully saturated rings. The highest BCUT2D eigenvalue weighted by Gasteiger charge is 2.07. The van der Waals surface area contributed by atoms with Crippen LogP contribution in [0.5, 0.6) is 5.75 Å². The largest absolute Gasteiger partial charge is 0.497 e. The maximum Gasteiger partial charge on any atom is 0.139 e. The molecule has 5 heteroatoms. The van der Waals surface area contributed by atoms with Gasteiger partial charge in [-0.25, -0.2) is 9.97 Å². The van der Waals surface area contributed by atoms with Gasteiger partial charge in [0, 0.05) is 17.3 Å². The van der Waals surface area contributed by atoms with Gasteiger partial charge in [-0.2, -0.15) is 0 Å².